The molecule has 0 bridgehead atoms. The van der Waals surface area contributed by atoms with Gasteiger partial charge in [0, 0.05) is 17.4 Å². The van der Waals surface area contributed by atoms with Gasteiger partial charge in [-0.15, -0.1) is 10.2 Å². The number of nitrogens with one attached hydrogen (secondary N) is 2. The fourth-order valence-corrected chi connectivity index (χ4v) is 4.12. The van der Waals surface area contributed by atoms with Crippen molar-refractivity contribution in [1.82, 2.24) is 26.0 Å². The molecular weight excluding hydrogens is 342 g/mol. The highest BCUT2D eigenvalue weighted by molar-refractivity contribution is 8.00. The van der Waals surface area contributed by atoms with Crippen molar-refractivity contribution in [2.24, 2.45) is 0 Å². The SMILES string of the molecule is Clc1cnnnc1.O=C(O)CCCC[C@@H]1SC[C@@H]2NC(=O)N[C@@H]21. The van der Waals surface area contributed by atoms with Crippen LogP contribution < -0.4 is 10.6 Å². The van der Waals surface area contributed by atoms with Crippen LogP contribution in [0.1, 0.15) is 25.7 Å². The van der Waals surface area contributed by atoms with Crippen LogP contribution in [-0.4, -0.2) is 55.6 Å². The lowest BCUT2D eigenvalue weighted by Crippen LogP contribution is -2.36. The molecule has 0 spiro atoms. The van der Waals surface area contributed by atoms with E-state index in [1.807, 2.05) is 11.8 Å². The number of fused-ring (bicyclic) bond motifs is 1. The molecule has 2 amide bonds. The van der Waals surface area contributed by atoms with E-state index in [1.54, 1.807) is 0 Å². The van der Waals surface area contributed by atoms with Crippen molar-refractivity contribution in [3.05, 3.63) is 17.4 Å². The smallest absolute Gasteiger partial charge is 0.315 e. The van der Waals surface area contributed by atoms with Crippen LogP contribution in [0.5, 0.6) is 0 Å². The second-order valence-corrected chi connectivity index (χ2v) is 6.93. The van der Waals surface area contributed by atoms with Crippen LogP contribution in [0.3, 0.4) is 0 Å². The summed E-state index contributed by atoms with van der Waals surface area (Å²) in [5.41, 5.74) is 0. The molecule has 8 nitrogen and oxygen atoms in total. The highest BCUT2D eigenvalue weighted by Crippen LogP contribution is 2.33. The first-order valence-corrected chi connectivity index (χ1v) is 8.68. The molecule has 2 aliphatic rings. The topological polar surface area (TPSA) is 117 Å². The Morgan fingerprint density at radius 1 is 1.35 bits per heavy atom. The third kappa shape index (κ3) is 5.83. The summed E-state index contributed by atoms with van der Waals surface area (Å²) >= 11 is 7.25. The number of nitrogens with zero attached hydrogens (tertiary/aromatic N) is 3. The summed E-state index contributed by atoms with van der Waals surface area (Å²) in [6.45, 7) is 0. The number of amides is 2. The summed E-state index contributed by atoms with van der Waals surface area (Å²) < 4.78 is 0. The molecule has 0 aromatic carbocycles. The van der Waals surface area contributed by atoms with Crippen molar-refractivity contribution in [3.8, 4) is 0 Å². The van der Waals surface area contributed by atoms with Crippen LogP contribution in [0.2, 0.25) is 5.02 Å². The average Bonchev–Trinajstić information content (AvgIpc) is 3.04. The van der Waals surface area contributed by atoms with Gasteiger partial charge in [-0.25, -0.2) is 4.79 Å². The molecule has 3 heterocycles. The van der Waals surface area contributed by atoms with Crippen LogP contribution >= 0.6 is 23.4 Å². The zero-order chi connectivity index (χ0) is 16.7. The number of urea groups is 1. The predicted molar refractivity (Wildman–Crippen MR) is 86.4 cm³/mol. The third-order valence-electron chi connectivity index (χ3n) is 3.53. The molecule has 3 rings (SSSR count). The Bertz CT molecular complexity index is 536. The molecule has 23 heavy (non-hydrogen) atoms. The molecule has 1 aromatic heterocycles. The highest BCUT2D eigenvalue weighted by Gasteiger charge is 2.42. The number of carboxylic acids is 1. The number of aromatic nitrogens is 3. The van der Waals surface area contributed by atoms with Crippen LogP contribution in [0, 0.1) is 0 Å². The quantitative estimate of drug-likeness (QED) is 0.536. The van der Waals surface area contributed by atoms with Crippen LogP contribution in [-0.2, 0) is 4.79 Å². The zero-order valence-electron chi connectivity index (χ0n) is 12.3. The number of hydrogen-bond donors (Lipinski definition) is 3. The lowest BCUT2D eigenvalue weighted by Gasteiger charge is -2.16. The van der Waals surface area contributed by atoms with Crippen LogP contribution in [0.4, 0.5) is 4.79 Å². The van der Waals surface area contributed by atoms with Gasteiger partial charge in [-0.3, -0.25) is 4.79 Å². The third-order valence-corrected chi connectivity index (χ3v) is 5.24. The molecule has 126 valence electrons. The average molecular weight is 360 g/mol. The van der Waals surface area contributed by atoms with Gasteiger partial charge in [-0.2, -0.15) is 11.8 Å². The van der Waals surface area contributed by atoms with E-state index >= 15 is 0 Å². The Balaban J connectivity index is 0.000000229. The highest BCUT2D eigenvalue weighted by atomic mass is 35.5. The van der Waals surface area contributed by atoms with Gasteiger partial charge in [-0.1, -0.05) is 18.0 Å². The minimum atomic E-state index is -0.729. The van der Waals surface area contributed by atoms with E-state index in [1.165, 1.54) is 12.4 Å². The lowest BCUT2D eigenvalue weighted by atomic mass is 10.0. The predicted octanol–water partition coefficient (Wildman–Crippen LogP) is 1.32. The van der Waals surface area contributed by atoms with Gasteiger partial charge in [0.15, 0.2) is 0 Å². The number of thioether (sulfide) groups is 1. The fourth-order valence-electron chi connectivity index (χ4n) is 2.49. The van der Waals surface area contributed by atoms with E-state index in [0.29, 0.717) is 10.3 Å². The van der Waals surface area contributed by atoms with Crippen molar-refractivity contribution >= 4 is 35.4 Å². The van der Waals surface area contributed by atoms with Gasteiger partial charge in [0.25, 0.3) is 0 Å². The summed E-state index contributed by atoms with van der Waals surface area (Å²) in [5.74, 6) is 0.236. The second kappa shape index (κ2) is 8.88. The number of aliphatic carboxylic acids is 1. The largest absolute Gasteiger partial charge is 0.481 e. The number of rotatable bonds is 5. The van der Waals surface area contributed by atoms with Gasteiger partial charge < -0.3 is 15.7 Å². The molecule has 0 aliphatic carbocycles. The Labute approximate surface area is 142 Å². The maximum atomic E-state index is 11.1. The van der Waals surface area contributed by atoms with Gasteiger partial charge in [0.05, 0.1) is 29.5 Å². The number of carbonyl (C=O) groups excluding carboxylic acids is 1. The van der Waals surface area contributed by atoms with E-state index in [0.717, 1.165) is 25.0 Å². The molecule has 10 heteroatoms. The van der Waals surface area contributed by atoms with Crippen molar-refractivity contribution in [1.29, 1.82) is 0 Å². The number of hydrogen-bond acceptors (Lipinski definition) is 6. The Hall–Kier alpha value is -1.61. The number of carboxylic acid groups (broad SMARTS) is 1. The van der Waals surface area contributed by atoms with E-state index in [-0.39, 0.29) is 24.5 Å². The fraction of sp³-hybridized carbons (Fsp3) is 0.615. The Kier molecular flexibility index (Phi) is 6.85. The molecule has 2 aliphatic heterocycles. The van der Waals surface area contributed by atoms with Gasteiger partial charge >= 0.3 is 12.0 Å². The van der Waals surface area contributed by atoms with Crippen molar-refractivity contribution in [2.45, 2.75) is 43.0 Å². The summed E-state index contributed by atoms with van der Waals surface area (Å²) in [7, 11) is 0. The van der Waals surface area contributed by atoms with Crippen LogP contribution in [0.15, 0.2) is 12.4 Å². The van der Waals surface area contributed by atoms with E-state index in [9.17, 15) is 9.59 Å². The van der Waals surface area contributed by atoms with Crippen molar-refractivity contribution in [3.63, 3.8) is 0 Å². The molecule has 0 saturated carbocycles. The normalized spacial score (nSPS) is 24.9. The molecular formula is C13H18ClN5O3S. The molecule has 0 unspecified atom stereocenters. The summed E-state index contributed by atoms with van der Waals surface area (Å²) in [6, 6.07) is 0.440. The van der Waals surface area contributed by atoms with Crippen molar-refractivity contribution < 1.29 is 14.7 Å². The maximum Gasteiger partial charge on any atom is 0.315 e. The van der Waals surface area contributed by atoms with E-state index < -0.39 is 5.97 Å². The summed E-state index contributed by atoms with van der Waals surface area (Å²) in [4.78, 5) is 21.5. The molecule has 3 N–H and O–H groups in total. The summed E-state index contributed by atoms with van der Waals surface area (Å²) in [5, 5.41) is 25.3. The Morgan fingerprint density at radius 2 is 2.09 bits per heavy atom. The summed E-state index contributed by atoms with van der Waals surface area (Å²) in [6.07, 6.45) is 5.73. The number of unbranched alkanes of at least 4 members (excludes halogenated alkanes) is 1. The second-order valence-electron chi connectivity index (χ2n) is 5.22. The van der Waals surface area contributed by atoms with E-state index in [2.05, 4.69) is 26.0 Å². The standard InChI is InChI=1S/C10H16N2O3S.C3H2ClN3/c13-8(14)4-2-1-3-7-9-6(5-16-7)11-10(15)12-9;4-3-1-5-7-6-2-3/h6-7,9H,1-5H2,(H,13,14)(H2,11,12,15);1-2H/t6-,7-,9-;/m0./s1. The molecule has 2 saturated heterocycles. The minimum absolute atomic E-state index is 0.0640. The lowest BCUT2D eigenvalue weighted by molar-refractivity contribution is -0.137. The van der Waals surface area contributed by atoms with E-state index in [4.69, 9.17) is 16.7 Å². The molecule has 1 aromatic rings. The maximum absolute atomic E-state index is 11.1. The van der Waals surface area contributed by atoms with Crippen molar-refractivity contribution in [2.75, 3.05) is 5.75 Å². The molecule has 2 fully saturated rings. The number of carbonyl (C=O) groups is 2. The van der Waals surface area contributed by atoms with Gasteiger partial charge in [0.1, 0.15) is 0 Å². The monoisotopic (exact) mass is 359 g/mol. The van der Waals surface area contributed by atoms with Gasteiger partial charge in [0.2, 0.25) is 0 Å². The van der Waals surface area contributed by atoms with Crippen LogP contribution in [0.25, 0.3) is 0 Å². The number of halogens is 1. The first-order chi connectivity index (χ1) is 11.1. The first-order valence-electron chi connectivity index (χ1n) is 7.25. The molecule has 3 atom stereocenters. The first kappa shape index (κ1) is 17.7. The molecule has 0 radical (unpaired) electrons. The van der Waals surface area contributed by atoms with Gasteiger partial charge in [-0.05, 0) is 18.1 Å². The zero-order valence-corrected chi connectivity index (χ0v) is 13.9. The minimum Gasteiger partial charge on any atom is -0.481 e. The Morgan fingerprint density at radius 3 is 2.70 bits per heavy atom.